The van der Waals surface area contributed by atoms with Crippen LogP contribution in [0.15, 0.2) is 0 Å². The zero-order valence-corrected chi connectivity index (χ0v) is 10.6. The van der Waals surface area contributed by atoms with Crippen molar-refractivity contribution in [2.75, 3.05) is 0 Å². The standard InChI is InChI=1S/C12H22BrN/c13-10-6-8-12(9-7-10)14-11-4-2-1-3-5-11/h10-12,14H,1-9H2. The van der Waals surface area contributed by atoms with Gasteiger partial charge >= 0.3 is 0 Å². The minimum absolute atomic E-state index is 0.798. The van der Waals surface area contributed by atoms with E-state index in [1.807, 2.05) is 0 Å². The lowest BCUT2D eigenvalue weighted by Gasteiger charge is -2.32. The lowest BCUT2D eigenvalue weighted by Crippen LogP contribution is -2.41. The first-order chi connectivity index (χ1) is 6.84. The molecule has 2 fully saturated rings. The molecule has 0 amide bonds. The van der Waals surface area contributed by atoms with Gasteiger partial charge in [0.05, 0.1) is 0 Å². The third kappa shape index (κ3) is 3.23. The molecule has 0 unspecified atom stereocenters. The highest BCUT2D eigenvalue weighted by atomic mass is 79.9. The number of alkyl halides is 1. The summed E-state index contributed by atoms with van der Waals surface area (Å²) >= 11 is 3.71. The zero-order chi connectivity index (χ0) is 9.80. The van der Waals surface area contributed by atoms with Gasteiger partial charge in [-0.3, -0.25) is 0 Å². The maximum atomic E-state index is 3.86. The van der Waals surface area contributed by atoms with Gasteiger partial charge in [0.2, 0.25) is 0 Å². The summed E-state index contributed by atoms with van der Waals surface area (Å²) < 4.78 is 0. The molecular weight excluding hydrogens is 238 g/mol. The third-order valence-electron chi connectivity index (χ3n) is 3.73. The maximum Gasteiger partial charge on any atom is 0.0147 e. The summed E-state index contributed by atoms with van der Waals surface area (Å²) in [4.78, 5) is 0.798. The van der Waals surface area contributed by atoms with Crippen LogP contribution in [0.4, 0.5) is 0 Å². The number of hydrogen-bond acceptors (Lipinski definition) is 1. The van der Waals surface area contributed by atoms with Crippen LogP contribution in [0.25, 0.3) is 0 Å². The summed E-state index contributed by atoms with van der Waals surface area (Å²) in [6.45, 7) is 0. The molecule has 1 nitrogen and oxygen atoms in total. The molecule has 1 N–H and O–H groups in total. The molecule has 0 bridgehead atoms. The molecule has 0 atom stereocenters. The van der Waals surface area contributed by atoms with Gasteiger partial charge in [-0.1, -0.05) is 35.2 Å². The second-order valence-corrected chi connectivity index (χ2v) is 6.25. The molecule has 2 heteroatoms. The zero-order valence-electron chi connectivity index (χ0n) is 8.97. The van der Waals surface area contributed by atoms with E-state index in [0.29, 0.717) is 0 Å². The predicted octanol–water partition coefficient (Wildman–Crippen LogP) is 3.61. The summed E-state index contributed by atoms with van der Waals surface area (Å²) in [5.41, 5.74) is 0. The monoisotopic (exact) mass is 259 g/mol. The first-order valence-corrected chi connectivity index (χ1v) is 7.16. The molecule has 2 rings (SSSR count). The molecule has 14 heavy (non-hydrogen) atoms. The molecule has 2 saturated carbocycles. The van der Waals surface area contributed by atoms with Crippen molar-refractivity contribution in [2.24, 2.45) is 0 Å². The van der Waals surface area contributed by atoms with E-state index < -0.39 is 0 Å². The van der Waals surface area contributed by atoms with Crippen molar-refractivity contribution in [3.8, 4) is 0 Å². The Morgan fingerprint density at radius 1 is 0.714 bits per heavy atom. The predicted molar refractivity (Wildman–Crippen MR) is 65.0 cm³/mol. The summed E-state index contributed by atoms with van der Waals surface area (Å²) in [6.07, 6.45) is 12.7. The fourth-order valence-corrected chi connectivity index (χ4v) is 3.35. The highest BCUT2D eigenvalue weighted by Gasteiger charge is 2.22. The smallest absolute Gasteiger partial charge is 0.0147 e. The highest BCUT2D eigenvalue weighted by Crippen LogP contribution is 2.26. The van der Waals surface area contributed by atoms with E-state index >= 15 is 0 Å². The second kappa shape index (κ2) is 5.50. The van der Waals surface area contributed by atoms with Gasteiger partial charge in [0, 0.05) is 16.9 Å². The largest absolute Gasteiger partial charge is 0.311 e. The number of hydrogen-bond donors (Lipinski definition) is 1. The quantitative estimate of drug-likeness (QED) is 0.748. The van der Waals surface area contributed by atoms with Gasteiger partial charge in [0.25, 0.3) is 0 Å². The summed E-state index contributed by atoms with van der Waals surface area (Å²) in [5, 5.41) is 3.86. The van der Waals surface area contributed by atoms with E-state index in [4.69, 9.17) is 0 Å². The lowest BCUT2D eigenvalue weighted by atomic mass is 9.91. The Morgan fingerprint density at radius 3 is 1.93 bits per heavy atom. The first-order valence-electron chi connectivity index (χ1n) is 6.25. The Balaban J connectivity index is 1.68. The van der Waals surface area contributed by atoms with E-state index in [9.17, 15) is 0 Å². The van der Waals surface area contributed by atoms with Crippen molar-refractivity contribution in [3.63, 3.8) is 0 Å². The lowest BCUT2D eigenvalue weighted by molar-refractivity contribution is 0.294. The van der Waals surface area contributed by atoms with Crippen LogP contribution in [0.5, 0.6) is 0 Å². The fraction of sp³-hybridized carbons (Fsp3) is 1.00. The van der Waals surface area contributed by atoms with Crippen molar-refractivity contribution in [1.29, 1.82) is 0 Å². The molecule has 0 radical (unpaired) electrons. The average molecular weight is 260 g/mol. The van der Waals surface area contributed by atoms with Crippen LogP contribution >= 0.6 is 15.9 Å². The van der Waals surface area contributed by atoms with Gasteiger partial charge in [-0.25, -0.2) is 0 Å². The van der Waals surface area contributed by atoms with Crippen molar-refractivity contribution >= 4 is 15.9 Å². The molecule has 0 spiro atoms. The SMILES string of the molecule is BrC1CCC(NC2CCCCC2)CC1. The summed E-state index contributed by atoms with van der Waals surface area (Å²) in [7, 11) is 0. The Hall–Kier alpha value is 0.440. The minimum Gasteiger partial charge on any atom is -0.311 e. The molecule has 0 aliphatic heterocycles. The number of halogens is 1. The molecule has 0 aromatic carbocycles. The number of rotatable bonds is 2. The van der Waals surface area contributed by atoms with E-state index in [-0.39, 0.29) is 0 Å². The Kier molecular flexibility index (Phi) is 4.30. The molecule has 2 aliphatic rings. The van der Waals surface area contributed by atoms with Crippen LogP contribution in [0.2, 0.25) is 0 Å². The molecule has 0 aromatic rings. The van der Waals surface area contributed by atoms with Crippen LogP contribution in [-0.4, -0.2) is 16.9 Å². The topological polar surface area (TPSA) is 12.0 Å². The van der Waals surface area contributed by atoms with Crippen molar-refractivity contribution < 1.29 is 0 Å². The van der Waals surface area contributed by atoms with E-state index in [0.717, 1.165) is 16.9 Å². The van der Waals surface area contributed by atoms with Gasteiger partial charge in [-0.2, -0.15) is 0 Å². The van der Waals surface area contributed by atoms with Gasteiger partial charge in [-0.15, -0.1) is 0 Å². The van der Waals surface area contributed by atoms with Crippen LogP contribution < -0.4 is 5.32 Å². The molecule has 82 valence electrons. The van der Waals surface area contributed by atoms with E-state index in [1.54, 1.807) is 0 Å². The fourth-order valence-electron chi connectivity index (χ4n) is 2.82. The van der Waals surface area contributed by atoms with Crippen molar-refractivity contribution in [1.82, 2.24) is 5.32 Å². The van der Waals surface area contributed by atoms with Gasteiger partial charge in [0.15, 0.2) is 0 Å². The summed E-state index contributed by atoms with van der Waals surface area (Å²) in [5.74, 6) is 0. The van der Waals surface area contributed by atoms with Crippen LogP contribution in [0.1, 0.15) is 57.8 Å². The summed E-state index contributed by atoms with van der Waals surface area (Å²) in [6, 6.07) is 1.67. The molecule has 0 heterocycles. The number of nitrogens with one attached hydrogen (secondary N) is 1. The maximum absolute atomic E-state index is 3.86. The van der Waals surface area contributed by atoms with Gasteiger partial charge in [0.1, 0.15) is 0 Å². The Bertz CT molecular complexity index is 158. The van der Waals surface area contributed by atoms with Crippen molar-refractivity contribution in [2.45, 2.75) is 74.7 Å². The minimum atomic E-state index is 0.798. The van der Waals surface area contributed by atoms with E-state index in [2.05, 4.69) is 21.2 Å². The molecule has 0 saturated heterocycles. The van der Waals surface area contributed by atoms with Gasteiger partial charge in [-0.05, 0) is 38.5 Å². The normalized spacial score (nSPS) is 35.8. The highest BCUT2D eigenvalue weighted by molar-refractivity contribution is 9.09. The Labute approximate surface area is 96.2 Å². The van der Waals surface area contributed by atoms with Gasteiger partial charge < -0.3 is 5.32 Å². The van der Waals surface area contributed by atoms with Crippen LogP contribution in [-0.2, 0) is 0 Å². The first kappa shape index (κ1) is 10.9. The second-order valence-electron chi connectivity index (χ2n) is 4.95. The Morgan fingerprint density at radius 2 is 1.29 bits per heavy atom. The molecule has 2 aliphatic carbocycles. The molecular formula is C12H22BrN. The third-order valence-corrected chi connectivity index (χ3v) is 4.65. The van der Waals surface area contributed by atoms with E-state index in [1.165, 1.54) is 57.8 Å². The molecule has 0 aromatic heterocycles. The van der Waals surface area contributed by atoms with Crippen molar-refractivity contribution in [3.05, 3.63) is 0 Å². The van der Waals surface area contributed by atoms with Crippen LogP contribution in [0.3, 0.4) is 0 Å². The van der Waals surface area contributed by atoms with Crippen LogP contribution in [0, 0.1) is 0 Å². The average Bonchev–Trinajstić information content (AvgIpc) is 2.23.